The number of amides is 1. The molecule has 0 aliphatic heterocycles. The molecule has 0 bridgehead atoms. The van der Waals surface area contributed by atoms with Crippen LogP contribution < -0.4 is 5.32 Å². The van der Waals surface area contributed by atoms with Gasteiger partial charge < -0.3 is 5.32 Å². The van der Waals surface area contributed by atoms with Crippen molar-refractivity contribution in [3.63, 3.8) is 0 Å². The summed E-state index contributed by atoms with van der Waals surface area (Å²) in [4.78, 5) is 12.4. The highest BCUT2D eigenvalue weighted by Gasteiger charge is 2.27. The van der Waals surface area contributed by atoms with Gasteiger partial charge in [-0.15, -0.1) is 0 Å². The van der Waals surface area contributed by atoms with Crippen molar-refractivity contribution in [2.75, 3.05) is 6.54 Å². The Balaban J connectivity index is 2.29. The molecule has 2 rings (SSSR count). The van der Waals surface area contributed by atoms with E-state index in [-0.39, 0.29) is 29.9 Å². The smallest absolute Gasteiger partial charge is 0.243 e. The monoisotopic (exact) mass is 394 g/mol. The molecule has 2 aromatic carbocycles. The first-order valence-electron chi connectivity index (χ1n) is 8.42. The van der Waals surface area contributed by atoms with E-state index in [9.17, 15) is 13.2 Å². The molecule has 0 aliphatic carbocycles. The van der Waals surface area contributed by atoms with Gasteiger partial charge >= 0.3 is 0 Å². The molecule has 1 N–H and O–H groups in total. The Morgan fingerprint density at radius 1 is 1.12 bits per heavy atom. The van der Waals surface area contributed by atoms with Gasteiger partial charge in [-0.3, -0.25) is 4.79 Å². The molecule has 0 saturated carbocycles. The summed E-state index contributed by atoms with van der Waals surface area (Å²) in [5, 5.41) is 3.26. The third-order valence-corrected chi connectivity index (χ3v) is 6.05. The number of benzene rings is 2. The number of sulfonamides is 1. The minimum atomic E-state index is -3.84. The number of carbonyl (C=O) groups is 1. The highest BCUT2D eigenvalue weighted by molar-refractivity contribution is 7.89. The molecule has 2 aromatic rings. The number of halogens is 1. The lowest BCUT2D eigenvalue weighted by molar-refractivity contribution is -0.122. The molecule has 5 nitrogen and oxygen atoms in total. The predicted octanol–water partition coefficient (Wildman–Crippen LogP) is 3.45. The van der Waals surface area contributed by atoms with Gasteiger partial charge in [-0.2, -0.15) is 4.31 Å². The number of nitrogens with zero attached hydrogens (tertiary/aromatic N) is 1. The second-order valence-electron chi connectivity index (χ2n) is 6.09. The second kappa shape index (κ2) is 9.16. The van der Waals surface area contributed by atoms with E-state index < -0.39 is 10.0 Å². The Labute approximate surface area is 160 Å². The molecule has 0 saturated heterocycles. The lowest BCUT2D eigenvalue weighted by Crippen LogP contribution is -2.43. The van der Waals surface area contributed by atoms with Crippen LogP contribution >= 0.6 is 11.6 Å². The molecule has 0 radical (unpaired) electrons. The van der Waals surface area contributed by atoms with Crippen LogP contribution in [0.25, 0.3) is 0 Å². The van der Waals surface area contributed by atoms with E-state index in [0.717, 1.165) is 12.0 Å². The zero-order valence-corrected chi connectivity index (χ0v) is 16.4. The van der Waals surface area contributed by atoms with E-state index in [4.69, 9.17) is 11.6 Å². The summed E-state index contributed by atoms with van der Waals surface area (Å²) in [7, 11) is -3.84. The summed E-state index contributed by atoms with van der Waals surface area (Å²) in [5.41, 5.74) is 0.807. The van der Waals surface area contributed by atoms with Gasteiger partial charge in [0.25, 0.3) is 0 Å². The molecule has 140 valence electrons. The fraction of sp³-hybridized carbons (Fsp3) is 0.316. The maximum atomic E-state index is 13.0. The summed E-state index contributed by atoms with van der Waals surface area (Å²) >= 11 is 5.86. The van der Waals surface area contributed by atoms with E-state index >= 15 is 0 Å². The summed E-state index contributed by atoms with van der Waals surface area (Å²) < 4.78 is 27.3. The lowest BCUT2D eigenvalue weighted by atomic mass is 10.2. The van der Waals surface area contributed by atoms with Gasteiger partial charge in [0, 0.05) is 17.6 Å². The fourth-order valence-electron chi connectivity index (χ4n) is 2.35. The van der Waals surface area contributed by atoms with Crippen molar-refractivity contribution < 1.29 is 13.2 Å². The van der Waals surface area contributed by atoms with Gasteiger partial charge in [-0.1, -0.05) is 48.9 Å². The fourth-order valence-corrected chi connectivity index (χ4v) is 3.86. The summed E-state index contributed by atoms with van der Waals surface area (Å²) in [5.74, 6) is -0.326. The number of hydrogen-bond donors (Lipinski definition) is 1. The molecule has 1 amide bonds. The minimum Gasteiger partial charge on any atom is -0.353 e. The summed E-state index contributed by atoms with van der Waals surface area (Å²) in [6.45, 7) is 3.70. The maximum Gasteiger partial charge on any atom is 0.243 e. The van der Waals surface area contributed by atoms with Crippen LogP contribution in [0.5, 0.6) is 0 Å². The first kappa shape index (κ1) is 20.4. The van der Waals surface area contributed by atoms with E-state index in [1.165, 1.54) is 28.6 Å². The van der Waals surface area contributed by atoms with Crippen LogP contribution in [0.2, 0.25) is 5.02 Å². The Hall–Kier alpha value is -1.89. The molecule has 0 unspecified atom stereocenters. The third kappa shape index (κ3) is 5.56. The van der Waals surface area contributed by atoms with Gasteiger partial charge in [0.1, 0.15) is 0 Å². The maximum absolute atomic E-state index is 13.0. The zero-order chi connectivity index (χ0) is 19.2. The van der Waals surface area contributed by atoms with Crippen LogP contribution in [-0.2, 0) is 21.4 Å². The second-order valence-corrected chi connectivity index (χ2v) is 8.46. The number of nitrogens with one attached hydrogen (secondary N) is 1. The highest BCUT2D eigenvalue weighted by Crippen LogP contribution is 2.20. The molecule has 0 spiro atoms. The Morgan fingerprint density at radius 3 is 2.31 bits per heavy atom. The molecule has 26 heavy (non-hydrogen) atoms. The van der Waals surface area contributed by atoms with E-state index in [1.807, 2.05) is 44.2 Å². The molecule has 7 heteroatoms. The third-order valence-electron chi connectivity index (χ3n) is 3.99. The molecular formula is C19H23ClN2O3S. The molecule has 0 heterocycles. The Bertz CT molecular complexity index is 824. The average molecular weight is 395 g/mol. The first-order valence-corrected chi connectivity index (χ1v) is 10.2. The van der Waals surface area contributed by atoms with Crippen LogP contribution in [0, 0.1) is 0 Å². The van der Waals surface area contributed by atoms with Gasteiger partial charge in [-0.05, 0) is 43.2 Å². The average Bonchev–Trinajstić information content (AvgIpc) is 2.62. The minimum absolute atomic E-state index is 0.0145. The Morgan fingerprint density at radius 2 is 1.73 bits per heavy atom. The van der Waals surface area contributed by atoms with E-state index in [2.05, 4.69) is 5.32 Å². The predicted molar refractivity (Wildman–Crippen MR) is 103 cm³/mol. The van der Waals surface area contributed by atoms with Crippen molar-refractivity contribution in [3.05, 3.63) is 65.2 Å². The quantitative estimate of drug-likeness (QED) is 0.745. The van der Waals surface area contributed by atoms with Crippen LogP contribution in [-0.4, -0.2) is 31.2 Å². The summed E-state index contributed by atoms with van der Waals surface area (Å²) in [6, 6.07) is 15.1. The van der Waals surface area contributed by atoms with Crippen molar-refractivity contribution >= 4 is 27.5 Å². The SMILES string of the molecule is CC[C@H](C)NC(=O)CN(Cc1ccccc1)S(=O)(=O)c1ccc(Cl)cc1. The van der Waals surface area contributed by atoms with Crippen molar-refractivity contribution in [3.8, 4) is 0 Å². The van der Waals surface area contributed by atoms with Crippen molar-refractivity contribution in [1.29, 1.82) is 0 Å². The Kier molecular flexibility index (Phi) is 7.20. The molecular weight excluding hydrogens is 372 g/mol. The molecule has 0 fully saturated rings. The van der Waals surface area contributed by atoms with Crippen molar-refractivity contribution in [2.45, 2.75) is 37.8 Å². The number of carbonyl (C=O) groups excluding carboxylic acids is 1. The van der Waals surface area contributed by atoms with Gasteiger partial charge in [-0.25, -0.2) is 8.42 Å². The van der Waals surface area contributed by atoms with E-state index in [0.29, 0.717) is 5.02 Å². The standard InChI is InChI=1S/C19H23ClN2O3S/c1-3-15(2)21-19(23)14-22(13-16-7-5-4-6-8-16)26(24,25)18-11-9-17(20)10-12-18/h4-12,15H,3,13-14H2,1-2H3,(H,21,23)/t15-/m0/s1. The highest BCUT2D eigenvalue weighted by atomic mass is 35.5. The molecule has 1 atom stereocenters. The van der Waals surface area contributed by atoms with Crippen molar-refractivity contribution in [2.24, 2.45) is 0 Å². The van der Waals surface area contributed by atoms with Crippen LogP contribution in [0.15, 0.2) is 59.5 Å². The van der Waals surface area contributed by atoms with Gasteiger partial charge in [0.15, 0.2) is 0 Å². The first-order chi connectivity index (χ1) is 12.3. The zero-order valence-electron chi connectivity index (χ0n) is 14.9. The number of rotatable bonds is 8. The lowest BCUT2D eigenvalue weighted by Gasteiger charge is -2.23. The van der Waals surface area contributed by atoms with Crippen LogP contribution in [0.3, 0.4) is 0 Å². The van der Waals surface area contributed by atoms with Gasteiger partial charge in [0.05, 0.1) is 11.4 Å². The summed E-state index contributed by atoms with van der Waals surface area (Å²) in [6.07, 6.45) is 0.772. The van der Waals surface area contributed by atoms with Gasteiger partial charge in [0.2, 0.25) is 15.9 Å². The largest absolute Gasteiger partial charge is 0.353 e. The van der Waals surface area contributed by atoms with E-state index in [1.54, 1.807) is 0 Å². The van der Waals surface area contributed by atoms with Crippen molar-refractivity contribution in [1.82, 2.24) is 9.62 Å². The van der Waals surface area contributed by atoms with Crippen LogP contribution in [0.1, 0.15) is 25.8 Å². The normalized spacial score (nSPS) is 12.8. The molecule has 0 aromatic heterocycles. The molecule has 0 aliphatic rings. The number of hydrogen-bond acceptors (Lipinski definition) is 3. The van der Waals surface area contributed by atoms with Crippen LogP contribution in [0.4, 0.5) is 0 Å². The topological polar surface area (TPSA) is 66.5 Å².